The topological polar surface area (TPSA) is 371 Å². The zero-order chi connectivity index (χ0) is 77.0. The number of nitrogens with one attached hydrogen (secondary N) is 9. The molecule has 3 aromatic heterocycles. The number of aromatic nitrogens is 3. The number of urea groups is 3. The van der Waals surface area contributed by atoms with Gasteiger partial charge in [-0.15, -0.1) is 19.7 Å². The number of carbonyl (C=O) groups is 9. The van der Waals surface area contributed by atoms with Gasteiger partial charge in [0.25, 0.3) is 0 Å². The number of amides is 9. The van der Waals surface area contributed by atoms with E-state index in [1.807, 2.05) is 39.0 Å². The molecule has 0 radical (unpaired) electrons. The first-order chi connectivity index (χ1) is 52.4. The molecule has 12 rings (SSSR count). The van der Waals surface area contributed by atoms with Crippen molar-refractivity contribution in [3.63, 3.8) is 0 Å². The van der Waals surface area contributed by atoms with E-state index >= 15 is 0 Å². The minimum Gasteiger partial charge on any atom is -0.361 e. The van der Waals surface area contributed by atoms with Gasteiger partial charge in [0, 0.05) is 166 Å². The quantitative estimate of drug-likeness (QED) is 0.0185. The number of rotatable bonds is 33. The van der Waals surface area contributed by atoms with Gasteiger partial charge in [0.1, 0.15) is 0 Å². The average Bonchev–Trinajstić information content (AvgIpc) is 1.47. The van der Waals surface area contributed by atoms with Crippen LogP contribution in [0, 0.1) is 17.8 Å². The number of hydrogen-bond acceptors (Lipinski definition) is 18. The molecular formula is C81H114N18O9. The number of aromatic amines is 3. The number of benzene rings is 3. The van der Waals surface area contributed by atoms with Gasteiger partial charge in [0.2, 0.25) is 17.7 Å². The molecule has 0 saturated carbocycles. The summed E-state index contributed by atoms with van der Waals surface area (Å²) in [5.41, 5.74) is 27.3. The summed E-state index contributed by atoms with van der Waals surface area (Å²) in [6.45, 7) is 25.6. The molecular weight excluding hydrogens is 1370 g/mol. The second-order valence-electron chi connectivity index (χ2n) is 29.2. The zero-order valence-corrected chi connectivity index (χ0v) is 63.3. The van der Waals surface area contributed by atoms with Gasteiger partial charge < -0.3 is 64.1 Å². The molecule has 9 amide bonds. The van der Waals surface area contributed by atoms with Gasteiger partial charge in [-0.05, 0) is 150 Å². The Kier molecular flexibility index (Phi) is 29.7. The van der Waals surface area contributed by atoms with E-state index in [0.29, 0.717) is 135 Å². The molecule has 6 heterocycles. The number of imide groups is 3. The lowest BCUT2D eigenvalue weighted by Crippen LogP contribution is -2.55. The Bertz CT molecular complexity index is 3750. The summed E-state index contributed by atoms with van der Waals surface area (Å²) in [6, 6.07) is 18.9. The number of carbonyl (C=O) groups excluding carboxylic acids is 9. The van der Waals surface area contributed by atoms with Crippen LogP contribution in [0.1, 0.15) is 110 Å². The fourth-order valence-electron chi connectivity index (χ4n) is 17.4. The summed E-state index contributed by atoms with van der Waals surface area (Å²) < 4.78 is 0. The number of ketones is 3. The van der Waals surface area contributed by atoms with E-state index in [2.05, 4.69) is 154 Å². The Hall–Kier alpha value is -9.03. The van der Waals surface area contributed by atoms with Crippen molar-refractivity contribution in [3.05, 3.63) is 145 Å². The van der Waals surface area contributed by atoms with Crippen LogP contribution < -0.4 is 49.1 Å². The molecule has 3 fully saturated rings. The Morgan fingerprint density at radius 2 is 0.722 bits per heavy atom. The molecule has 3 aliphatic carbocycles. The second-order valence-corrected chi connectivity index (χ2v) is 29.2. The Morgan fingerprint density at radius 1 is 0.444 bits per heavy atom. The van der Waals surface area contributed by atoms with Gasteiger partial charge in [-0.3, -0.25) is 58.2 Å². The van der Waals surface area contributed by atoms with Crippen molar-refractivity contribution in [1.82, 2.24) is 76.3 Å². The minimum atomic E-state index is -0.364. The summed E-state index contributed by atoms with van der Waals surface area (Å²) >= 11 is 0. The van der Waals surface area contributed by atoms with E-state index in [1.165, 1.54) is 64.2 Å². The van der Waals surface area contributed by atoms with E-state index in [1.54, 1.807) is 0 Å². The van der Waals surface area contributed by atoms with Crippen LogP contribution in [0.2, 0.25) is 0 Å². The Labute approximate surface area is 633 Å². The fraction of sp³-hybridized carbons (Fsp3) is 0.519. The van der Waals surface area contributed by atoms with Crippen LogP contribution in [0.5, 0.6) is 0 Å². The summed E-state index contributed by atoms with van der Waals surface area (Å²) in [5.74, 6) is -0.893. The first-order valence-corrected chi connectivity index (χ1v) is 38.8. The summed E-state index contributed by atoms with van der Waals surface area (Å²) in [4.78, 5) is 136. The highest BCUT2D eigenvalue weighted by molar-refractivity contribution is 5.98. The largest absolute Gasteiger partial charge is 0.361 e. The predicted octanol–water partition coefficient (Wildman–Crippen LogP) is 5.25. The molecule has 0 unspecified atom stereocenters. The molecule has 3 aliphatic heterocycles. The molecule has 6 aromatic rings. The minimum absolute atomic E-state index is 0.000461. The van der Waals surface area contributed by atoms with E-state index < -0.39 is 0 Å². The normalized spacial score (nSPS) is 21.1. The standard InChI is InChI=1S/3C27H38N6O3/c3*1-3-10-32-17-19(12-22-21-7-5-8-23-25(21)18(15-31-23)13-24(22)32)26(35)33(27(36)30-4-2)11-6-9-29-16-20(34)14-28/h3*3,5,7-8,15,19,22,24,29,31H,1,4,6,9-14,16-17,28H2,2H3,(H,30,36)/t3*19-,22-,24-/m111/s1. The van der Waals surface area contributed by atoms with Crippen molar-refractivity contribution in [1.29, 1.82) is 0 Å². The van der Waals surface area contributed by atoms with Crippen LogP contribution >= 0.6 is 0 Å². The molecule has 0 spiro atoms. The molecule has 0 bridgehead atoms. The monoisotopic (exact) mass is 1480 g/mol. The Balaban J connectivity index is 0.000000173. The van der Waals surface area contributed by atoms with Crippen LogP contribution in [-0.4, -0.2) is 253 Å². The predicted molar refractivity (Wildman–Crippen MR) is 422 cm³/mol. The number of piperidine rings is 3. The van der Waals surface area contributed by atoms with Gasteiger partial charge in [0.05, 0.1) is 57.0 Å². The number of H-pyrrole nitrogens is 3. The molecule has 3 saturated heterocycles. The van der Waals surface area contributed by atoms with Crippen LogP contribution in [0.4, 0.5) is 14.4 Å². The summed E-state index contributed by atoms with van der Waals surface area (Å²) in [5, 5.41) is 21.3. The SMILES string of the molecule is C=CCN1C[C@H](C(=O)N(CCCNCC(=O)CN)C(=O)NCC)C[C@@H]2c3cccc4[nH]cc(c34)C[C@H]21.C=CCN1C[C@H](C(=O)N(CCCNCC(=O)CN)C(=O)NCC)C[C@@H]2c3cccc4[nH]cc(c34)C[C@H]21.C=CCN1C[C@H](C(=O)N(CCCNCC(=O)CN)C(=O)NCC)C[C@@H]2c3cccc4[nH]cc(c34)C[C@H]21. The molecule has 9 atom stereocenters. The van der Waals surface area contributed by atoms with Crippen molar-refractivity contribution >= 4 is 85.9 Å². The molecule has 3 aromatic carbocycles. The number of likely N-dealkylation sites (tertiary alicyclic amines) is 3. The number of nitrogens with two attached hydrogens (primary N) is 3. The lowest BCUT2D eigenvalue weighted by molar-refractivity contribution is -0.136. The number of fused-ring (bicyclic) bond motifs is 6. The highest BCUT2D eigenvalue weighted by atomic mass is 16.2. The molecule has 108 heavy (non-hydrogen) atoms. The van der Waals surface area contributed by atoms with Gasteiger partial charge in [-0.25, -0.2) is 14.4 Å². The lowest BCUT2D eigenvalue weighted by atomic mass is 9.72. The van der Waals surface area contributed by atoms with E-state index in [4.69, 9.17) is 17.2 Å². The van der Waals surface area contributed by atoms with Gasteiger partial charge in [-0.2, -0.15) is 0 Å². The van der Waals surface area contributed by atoms with Gasteiger partial charge in [0.15, 0.2) is 17.3 Å². The number of nitrogens with zero attached hydrogens (tertiary/aromatic N) is 6. The maximum absolute atomic E-state index is 13.8. The highest BCUT2D eigenvalue weighted by Gasteiger charge is 2.48. The van der Waals surface area contributed by atoms with E-state index in [9.17, 15) is 43.2 Å². The third-order valence-corrected chi connectivity index (χ3v) is 22.2. The molecule has 15 N–H and O–H groups in total. The number of hydrogen-bond donors (Lipinski definition) is 12. The maximum Gasteiger partial charge on any atom is 0.324 e. The second kappa shape index (κ2) is 39.4. The molecule has 27 nitrogen and oxygen atoms in total. The first-order valence-electron chi connectivity index (χ1n) is 38.8. The maximum atomic E-state index is 13.8. The fourth-order valence-corrected chi connectivity index (χ4v) is 17.4. The Morgan fingerprint density at radius 3 is 0.972 bits per heavy atom. The molecule has 6 aliphatic rings. The zero-order valence-electron chi connectivity index (χ0n) is 63.3. The highest BCUT2D eigenvalue weighted by Crippen LogP contribution is 2.48. The lowest BCUT2D eigenvalue weighted by Gasteiger charge is -2.47. The van der Waals surface area contributed by atoms with Crippen LogP contribution in [0.25, 0.3) is 32.7 Å². The summed E-state index contributed by atoms with van der Waals surface area (Å²) in [6.07, 6.45) is 18.6. The van der Waals surface area contributed by atoms with Crippen LogP contribution in [0.15, 0.2) is 111 Å². The van der Waals surface area contributed by atoms with Crippen molar-refractivity contribution in [2.24, 2.45) is 35.0 Å². The molecule has 582 valence electrons. The molecule has 27 heteroatoms. The van der Waals surface area contributed by atoms with Crippen molar-refractivity contribution in [2.45, 2.75) is 114 Å². The summed E-state index contributed by atoms with van der Waals surface area (Å²) in [7, 11) is 0. The first kappa shape index (κ1) is 81.5. The van der Waals surface area contributed by atoms with Crippen LogP contribution in [0.3, 0.4) is 0 Å². The van der Waals surface area contributed by atoms with Crippen molar-refractivity contribution < 1.29 is 43.2 Å². The smallest absolute Gasteiger partial charge is 0.324 e. The average molecular weight is 1480 g/mol. The van der Waals surface area contributed by atoms with E-state index in [-0.39, 0.29) is 148 Å². The van der Waals surface area contributed by atoms with Crippen LogP contribution in [-0.2, 0) is 48.0 Å². The third kappa shape index (κ3) is 19.1. The number of Topliss-reactive ketones (excluding diaryl/α,β-unsaturated/α-hetero) is 3. The van der Waals surface area contributed by atoms with Gasteiger partial charge >= 0.3 is 18.1 Å². The van der Waals surface area contributed by atoms with Crippen molar-refractivity contribution in [3.8, 4) is 0 Å². The van der Waals surface area contributed by atoms with E-state index in [0.717, 1.165) is 35.8 Å². The van der Waals surface area contributed by atoms with Crippen molar-refractivity contribution in [2.75, 3.05) is 137 Å². The third-order valence-electron chi connectivity index (χ3n) is 22.2. The van der Waals surface area contributed by atoms with Gasteiger partial charge in [-0.1, -0.05) is 54.6 Å².